The lowest BCUT2D eigenvalue weighted by molar-refractivity contribution is -0.118. The number of hydrogen-bond donors (Lipinski definition) is 1. The Hall–Kier alpha value is -1.84. The van der Waals surface area contributed by atoms with E-state index in [0.29, 0.717) is 11.3 Å². The van der Waals surface area contributed by atoms with Gasteiger partial charge in [-0.05, 0) is 31.2 Å². The molecule has 0 atom stereocenters. The van der Waals surface area contributed by atoms with E-state index in [1.807, 2.05) is 0 Å². The van der Waals surface area contributed by atoms with E-state index in [0.717, 1.165) is 0 Å². The molecule has 0 aliphatic rings. The van der Waals surface area contributed by atoms with Gasteiger partial charge >= 0.3 is 0 Å². The predicted octanol–water partition coefficient (Wildman–Crippen LogP) is 0.753. The summed E-state index contributed by atoms with van der Waals surface area (Å²) in [5.41, 5.74) is 5.47. The highest BCUT2D eigenvalue weighted by atomic mass is 16.5. The molecule has 0 unspecified atom stereocenters. The number of amides is 1. The van der Waals surface area contributed by atoms with Gasteiger partial charge in [-0.3, -0.25) is 9.59 Å². The molecule has 4 nitrogen and oxygen atoms in total. The summed E-state index contributed by atoms with van der Waals surface area (Å²) in [6.45, 7) is 1.48. The fourth-order valence-electron chi connectivity index (χ4n) is 0.900. The number of ether oxygens (including phenoxy) is 1. The van der Waals surface area contributed by atoms with Crippen LogP contribution in [0.2, 0.25) is 0 Å². The lowest BCUT2D eigenvalue weighted by atomic mass is 10.2. The molecule has 2 N–H and O–H groups in total. The van der Waals surface area contributed by atoms with Gasteiger partial charge in [0.15, 0.2) is 5.78 Å². The molecule has 0 spiro atoms. The minimum Gasteiger partial charge on any atom is -0.486 e. The average Bonchev–Trinajstić information content (AvgIpc) is 2.15. The Morgan fingerprint density at radius 1 is 1.29 bits per heavy atom. The molecule has 0 aliphatic carbocycles. The van der Waals surface area contributed by atoms with Gasteiger partial charge in [0, 0.05) is 5.56 Å². The molecule has 1 aromatic rings. The molecular weight excluding hydrogens is 182 g/mol. The maximum absolute atomic E-state index is 10.7. The van der Waals surface area contributed by atoms with Gasteiger partial charge in [0.1, 0.15) is 12.4 Å². The molecule has 0 heterocycles. The second-order valence-electron chi connectivity index (χ2n) is 2.88. The first kappa shape index (κ1) is 10.2. The molecule has 0 aliphatic heterocycles. The van der Waals surface area contributed by atoms with Crippen LogP contribution in [0, 0.1) is 0 Å². The van der Waals surface area contributed by atoms with Crippen LogP contribution in [0.1, 0.15) is 17.3 Å². The predicted molar refractivity (Wildman–Crippen MR) is 51.1 cm³/mol. The van der Waals surface area contributed by atoms with E-state index in [1.54, 1.807) is 24.3 Å². The molecule has 0 fully saturated rings. The van der Waals surface area contributed by atoms with Gasteiger partial charge in [-0.2, -0.15) is 0 Å². The number of ketones is 1. The molecule has 0 aromatic heterocycles. The first-order valence-electron chi connectivity index (χ1n) is 4.11. The largest absolute Gasteiger partial charge is 0.486 e. The number of hydrogen-bond acceptors (Lipinski definition) is 3. The normalized spacial score (nSPS) is 9.50. The molecule has 0 saturated carbocycles. The molecule has 4 heteroatoms. The number of primary amides is 1. The highest BCUT2D eigenvalue weighted by Crippen LogP contribution is 2.11. The van der Waals surface area contributed by atoms with Crippen LogP contribution in [0.25, 0.3) is 0 Å². The molecule has 0 radical (unpaired) electrons. The van der Waals surface area contributed by atoms with Crippen molar-refractivity contribution in [3.8, 4) is 5.75 Å². The summed E-state index contributed by atoms with van der Waals surface area (Å²) in [5.74, 6) is 0.0114. The zero-order chi connectivity index (χ0) is 10.6. The molecular formula is C10H11NO3. The standard InChI is InChI=1S/C10H11NO3/c1-7(12)6-14-9-4-2-8(3-5-9)10(11)13/h2-5H,6H2,1H3,(H2,11,13). The maximum atomic E-state index is 10.7. The van der Waals surface area contributed by atoms with Crippen LogP contribution in [-0.4, -0.2) is 18.3 Å². The summed E-state index contributed by atoms with van der Waals surface area (Å²) in [4.78, 5) is 21.3. The molecule has 1 amide bonds. The maximum Gasteiger partial charge on any atom is 0.248 e. The summed E-state index contributed by atoms with van der Waals surface area (Å²) < 4.78 is 5.10. The van der Waals surface area contributed by atoms with E-state index < -0.39 is 5.91 Å². The molecule has 14 heavy (non-hydrogen) atoms. The van der Waals surface area contributed by atoms with Gasteiger partial charge in [-0.25, -0.2) is 0 Å². The van der Waals surface area contributed by atoms with Crippen molar-refractivity contribution in [2.75, 3.05) is 6.61 Å². The third-order valence-corrected chi connectivity index (χ3v) is 1.58. The summed E-state index contributed by atoms with van der Waals surface area (Å²) >= 11 is 0. The van der Waals surface area contributed by atoms with E-state index in [2.05, 4.69) is 0 Å². The van der Waals surface area contributed by atoms with Crippen LogP contribution in [0.5, 0.6) is 5.75 Å². The van der Waals surface area contributed by atoms with Gasteiger partial charge < -0.3 is 10.5 Å². The van der Waals surface area contributed by atoms with Gasteiger partial charge in [0.05, 0.1) is 0 Å². The van der Waals surface area contributed by atoms with E-state index in [-0.39, 0.29) is 12.4 Å². The topological polar surface area (TPSA) is 69.4 Å². The molecule has 1 aromatic carbocycles. The third-order valence-electron chi connectivity index (χ3n) is 1.58. The molecule has 0 bridgehead atoms. The van der Waals surface area contributed by atoms with Crippen LogP contribution in [0.4, 0.5) is 0 Å². The number of rotatable bonds is 4. The van der Waals surface area contributed by atoms with Crippen molar-refractivity contribution in [1.82, 2.24) is 0 Å². The van der Waals surface area contributed by atoms with Crippen molar-refractivity contribution < 1.29 is 14.3 Å². The Morgan fingerprint density at radius 2 is 1.86 bits per heavy atom. The monoisotopic (exact) mass is 193 g/mol. The smallest absolute Gasteiger partial charge is 0.248 e. The lowest BCUT2D eigenvalue weighted by Gasteiger charge is -2.03. The summed E-state index contributed by atoms with van der Waals surface area (Å²) in [5, 5.41) is 0. The number of Topliss-reactive ketones (excluding diaryl/α,β-unsaturated/α-hetero) is 1. The average molecular weight is 193 g/mol. The van der Waals surface area contributed by atoms with Crippen molar-refractivity contribution in [1.29, 1.82) is 0 Å². The second-order valence-corrected chi connectivity index (χ2v) is 2.88. The Labute approximate surface area is 81.7 Å². The van der Waals surface area contributed by atoms with E-state index >= 15 is 0 Å². The zero-order valence-electron chi connectivity index (χ0n) is 7.82. The van der Waals surface area contributed by atoms with Crippen LogP contribution >= 0.6 is 0 Å². The summed E-state index contributed by atoms with van der Waals surface area (Å²) in [7, 11) is 0. The number of carbonyl (C=O) groups is 2. The molecule has 0 saturated heterocycles. The van der Waals surface area contributed by atoms with Gasteiger partial charge in [-0.15, -0.1) is 0 Å². The fourth-order valence-corrected chi connectivity index (χ4v) is 0.900. The minimum absolute atomic E-state index is 0.0376. The zero-order valence-corrected chi connectivity index (χ0v) is 7.82. The van der Waals surface area contributed by atoms with Crippen molar-refractivity contribution in [2.45, 2.75) is 6.92 Å². The second kappa shape index (κ2) is 4.41. The summed E-state index contributed by atoms with van der Waals surface area (Å²) in [6, 6.07) is 6.31. The minimum atomic E-state index is -0.483. The third kappa shape index (κ3) is 2.90. The Kier molecular flexibility index (Phi) is 3.23. The van der Waals surface area contributed by atoms with Gasteiger partial charge in [0.2, 0.25) is 5.91 Å². The van der Waals surface area contributed by atoms with Crippen LogP contribution in [0.3, 0.4) is 0 Å². The first-order chi connectivity index (χ1) is 6.59. The SMILES string of the molecule is CC(=O)COc1ccc(C(N)=O)cc1. The Balaban J connectivity index is 2.64. The van der Waals surface area contributed by atoms with E-state index in [4.69, 9.17) is 10.5 Å². The highest BCUT2D eigenvalue weighted by Gasteiger charge is 2.00. The number of nitrogens with two attached hydrogens (primary N) is 1. The van der Waals surface area contributed by atoms with Crippen molar-refractivity contribution in [2.24, 2.45) is 5.73 Å². The number of benzene rings is 1. The van der Waals surface area contributed by atoms with Crippen molar-refractivity contribution >= 4 is 11.7 Å². The number of carbonyl (C=O) groups excluding carboxylic acids is 2. The summed E-state index contributed by atoms with van der Waals surface area (Å²) in [6.07, 6.45) is 0. The van der Waals surface area contributed by atoms with Crippen LogP contribution in [-0.2, 0) is 4.79 Å². The lowest BCUT2D eigenvalue weighted by Crippen LogP contribution is -2.11. The van der Waals surface area contributed by atoms with Gasteiger partial charge in [0.25, 0.3) is 0 Å². The molecule has 74 valence electrons. The molecule has 1 rings (SSSR count). The van der Waals surface area contributed by atoms with Crippen LogP contribution in [0.15, 0.2) is 24.3 Å². The Morgan fingerprint density at radius 3 is 2.29 bits per heavy atom. The van der Waals surface area contributed by atoms with Crippen molar-refractivity contribution in [3.63, 3.8) is 0 Å². The Bertz CT molecular complexity index is 343. The fraction of sp³-hybridized carbons (Fsp3) is 0.200. The highest BCUT2D eigenvalue weighted by molar-refractivity contribution is 5.92. The van der Waals surface area contributed by atoms with E-state index in [1.165, 1.54) is 6.92 Å². The van der Waals surface area contributed by atoms with E-state index in [9.17, 15) is 9.59 Å². The quantitative estimate of drug-likeness (QED) is 0.767. The first-order valence-corrected chi connectivity index (χ1v) is 4.11. The van der Waals surface area contributed by atoms with Gasteiger partial charge in [-0.1, -0.05) is 0 Å². The van der Waals surface area contributed by atoms with Crippen molar-refractivity contribution in [3.05, 3.63) is 29.8 Å². The van der Waals surface area contributed by atoms with Crippen LogP contribution < -0.4 is 10.5 Å².